The van der Waals surface area contributed by atoms with E-state index in [1.807, 2.05) is 20.8 Å². The predicted octanol–water partition coefficient (Wildman–Crippen LogP) is 2.99. The average molecular weight is 243 g/mol. The summed E-state index contributed by atoms with van der Waals surface area (Å²) in [6.07, 6.45) is 6.66. The second-order valence-corrected chi connectivity index (χ2v) is 6.81. The van der Waals surface area contributed by atoms with Crippen molar-refractivity contribution in [3.8, 4) is 0 Å². The van der Waals surface area contributed by atoms with Crippen LogP contribution in [0, 0.1) is 0 Å². The van der Waals surface area contributed by atoms with E-state index in [0.29, 0.717) is 0 Å². The van der Waals surface area contributed by atoms with Crippen molar-refractivity contribution in [2.24, 2.45) is 4.40 Å². The SMILES string of the molecule is CCC1=CCC[C@@H](/C=N/[S@@+]([O-])C(C)(C)C)O1. The summed E-state index contributed by atoms with van der Waals surface area (Å²) in [7, 11) is 0. The molecule has 0 radical (unpaired) electrons. The second kappa shape index (κ2) is 5.73. The monoisotopic (exact) mass is 243 g/mol. The molecule has 16 heavy (non-hydrogen) atoms. The van der Waals surface area contributed by atoms with Crippen molar-refractivity contribution in [1.29, 1.82) is 0 Å². The van der Waals surface area contributed by atoms with Crippen LogP contribution < -0.4 is 0 Å². The Morgan fingerprint density at radius 1 is 1.62 bits per heavy atom. The van der Waals surface area contributed by atoms with Gasteiger partial charge in [0.05, 0.1) is 12.0 Å². The summed E-state index contributed by atoms with van der Waals surface area (Å²) in [5.74, 6) is 1.02. The summed E-state index contributed by atoms with van der Waals surface area (Å²) in [6.45, 7) is 7.82. The second-order valence-electron chi connectivity index (χ2n) is 4.87. The van der Waals surface area contributed by atoms with Crippen molar-refractivity contribution in [2.75, 3.05) is 0 Å². The number of hydrogen-bond donors (Lipinski definition) is 0. The van der Waals surface area contributed by atoms with Crippen LogP contribution in [-0.4, -0.2) is 21.6 Å². The molecule has 0 unspecified atom stereocenters. The Hall–Kier alpha value is -0.480. The molecule has 0 aromatic rings. The number of rotatable bonds is 3. The smallest absolute Gasteiger partial charge is 0.144 e. The average Bonchev–Trinajstić information content (AvgIpc) is 2.25. The Labute approximate surface area is 101 Å². The van der Waals surface area contributed by atoms with Crippen molar-refractivity contribution in [3.63, 3.8) is 0 Å². The molecule has 3 nitrogen and oxygen atoms in total. The van der Waals surface area contributed by atoms with Gasteiger partial charge in [-0.1, -0.05) is 11.3 Å². The third kappa shape index (κ3) is 4.18. The van der Waals surface area contributed by atoms with Gasteiger partial charge < -0.3 is 9.29 Å². The van der Waals surface area contributed by atoms with E-state index in [4.69, 9.17) is 4.74 Å². The summed E-state index contributed by atoms with van der Waals surface area (Å²) in [6, 6.07) is 0. The third-order valence-electron chi connectivity index (χ3n) is 2.32. The Morgan fingerprint density at radius 3 is 2.88 bits per heavy atom. The third-order valence-corrected chi connectivity index (χ3v) is 3.68. The van der Waals surface area contributed by atoms with Crippen molar-refractivity contribution < 1.29 is 9.29 Å². The topological polar surface area (TPSA) is 44.7 Å². The van der Waals surface area contributed by atoms with Gasteiger partial charge in [0.15, 0.2) is 0 Å². The maximum atomic E-state index is 11.7. The van der Waals surface area contributed by atoms with Gasteiger partial charge in [-0.05, 0) is 39.7 Å². The highest BCUT2D eigenvalue weighted by Gasteiger charge is 2.26. The van der Waals surface area contributed by atoms with E-state index >= 15 is 0 Å². The molecule has 0 aromatic carbocycles. The lowest BCUT2D eigenvalue weighted by molar-refractivity contribution is 0.145. The van der Waals surface area contributed by atoms with Crippen molar-refractivity contribution in [3.05, 3.63) is 11.8 Å². The van der Waals surface area contributed by atoms with E-state index in [1.165, 1.54) is 0 Å². The molecule has 1 rings (SSSR count). The first-order valence-corrected chi connectivity index (χ1v) is 6.86. The van der Waals surface area contributed by atoms with E-state index in [1.54, 1.807) is 6.21 Å². The molecule has 1 aliphatic heterocycles. The minimum Gasteiger partial charge on any atom is -0.591 e. The molecule has 0 saturated carbocycles. The fraction of sp³-hybridized carbons (Fsp3) is 0.750. The van der Waals surface area contributed by atoms with Crippen molar-refractivity contribution in [2.45, 2.75) is 57.8 Å². The van der Waals surface area contributed by atoms with Crippen molar-refractivity contribution in [1.82, 2.24) is 0 Å². The standard InChI is InChI=1S/C12H21NO2S/c1-5-10-7-6-8-11(15-10)9-13-16(14)12(2,3)4/h7,9,11H,5-6,8H2,1-4H3/b13-9+/t11-,16-/m0/s1. The van der Waals surface area contributed by atoms with Gasteiger partial charge in [-0.3, -0.25) is 0 Å². The van der Waals surface area contributed by atoms with Crippen LogP contribution in [0.4, 0.5) is 0 Å². The number of allylic oxidation sites excluding steroid dienone is 2. The molecular weight excluding hydrogens is 222 g/mol. The quantitative estimate of drug-likeness (QED) is 0.565. The molecule has 4 heteroatoms. The molecule has 0 aliphatic carbocycles. The van der Waals surface area contributed by atoms with Crippen LogP contribution in [0.2, 0.25) is 0 Å². The Bertz CT molecular complexity index is 281. The first kappa shape index (κ1) is 13.6. The Morgan fingerprint density at radius 2 is 2.31 bits per heavy atom. The minimum atomic E-state index is -1.18. The molecule has 2 atom stereocenters. The van der Waals surface area contributed by atoms with Crippen LogP contribution in [0.1, 0.15) is 47.0 Å². The van der Waals surface area contributed by atoms with Gasteiger partial charge in [0.25, 0.3) is 0 Å². The molecule has 0 fully saturated rings. The van der Waals surface area contributed by atoms with Gasteiger partial charge in [-0.2, -0.15) is 0 Å². The first-order valence-electron chi connectivity index (χ1n) is 5.75. The summed E-state index contributed by atoms with van der Waals surface area (Å²) in [4.78, 5) is 0. The summed E-state index contributed by atoms with van der Waals surface area (Å²) in [5, 5.41) is 0. The van der Waals surface area contributed by atoms with Gasteiger partial charge in [-0.25, -0.2) is 0 Å². The Kier molecular flexibility index (Phi) is 4.87. The fourth-order valence-corrected chi connectivity index (χ4v) is 1.89. The maximum Gasteiger partial charge on any atom is 0.144 e. The summed E-state index contributed by atoms with van der Waals surface area (Å²) in [5.41, 5.74) is 0. The van der Waals surface area contributed by atoms with Crippen LogP contribution in [0.3, 0.4) is 0 Å². The van der Waals surface area contributed by atoms with Gasteiger partial charge in [0.1, 0.15) is 22.2 Å². The van der Waals surface area contributed by atoms with Crippen LogP contribution in [-0.2, 0) is 16.1 Å². The lowest BCUT2D eigenvalue weighted by Crippen LogP contribution is -2.27. The van der Waals surface area contributed by atoms with Crippen molar-refractivity contribution >= 4 is 17.6 Å². The molecule has 1 heterocycles. The highest BCUT2D eigenvalue weighted by molar-refractivity contribution is 7.91. The van der Waals surface area contributed by atoms with Gasteiger partial charge in [0.2, 0.25) is 0 Å². The molecule has 0 aromatic heterocycles. The van der Waals surface area contributed by atoms with E-state index in [0.717, 1.165) is 25.0 Å². The largest absolute Gasteiger partial charge is 0.591 e. The van der Waals surface area contributed by atoms with E-state index in [9.17, 15) is 4.55 Å². The normalized spacial score (nSPS) is 24.1. The van der Waals surface area contributed by atoms with E-state index in [-0.39, 0.29) is 10.9 Å². The number of hydrogen-bond acceptors (Lipinski definition) is 3. The number of nitrogens with zero attached hydrogens (tertiary/aromatic N) is 1. The maximum absolute atomic E-state index is 11.7. The molecule has 92 valence electrons. The predicted molar refractivity (Wildman–Crippen MR) is 68.9 cm³/mol. The van der Waals surface area contributed by atoms with Gasteiger partial charge >= 0.3 is 0 Å². The molecule has 0 saturated heterocycles. The fourth-order valence-electron chi connectivity index (χ4n) is 1.32. The Balaban J connectivity index is 2.49. The molecule has 0 bridgehead atoms. The van der Waals surface area contributed by atoms with Gasteiger partial charge in [0, 0.05) is 6.42 Å². The van der Waals surface area contributed by atoms with Crippen LogP contribution in [0.5, 0.6) is 0 Å². The zero-order chi connectivity index (χ0) is 12.2. The highest BCUT2D eigenvalue weighted by Crippen LogP contribution is 2.20. The minimum absolute atomic E-state index is 0.00810. The van der Waals surface area contributed by atoms with Crippen LogP contribution in [0.15, 0.2) is 16.2 Å². The molecule has 0 N–H and O–H groups in total. The van der Waals surface area contributed by atoms with Gasteiger partial charge in [-0.15, -0.1) is 0 Å². The summed E-state index contributed by atoms with van der Waals surface area (Å²) >= 11 is -1.18. The molecule has 1 aliphatic rings. The van der Waals surface area contributed by atoms with Crippen LogP contribution in [0.25, 0.3) is 0 Å². The zero-order valence-electron chi connectivity index (χ0n) is 10.5. The lowest BCUT2D eigenvalue weighted by atomic mass is 10.1. The van der Waals surface area contributed by atoms with E-state index < -0.39 is 11.4 Å². The molecular formula is C12H21NO2S. The lowest BCUT2D eigenvalue weighted by Gasteiger charge is -2.22. The molecule has 0 amide bonds. The molecule has 0 spiro atoms. The summed E-state index contributed by atoms with van der Waals surface area (Å²) < 4.78 is 21.2. The number of ether oxygens (including phenoxy) is 1. The van der Waals surface area contributed by atoms with Crippen LogP contribution >= 0.6 is 0 Å². The zero-order valence-corrected chi connectivity index (χ0v) is 11.3. The van der Waals surface area contributed by atoms with E-state index in [2.05, 4.69) is 17.4 Å². The first-order chi connectivity index (χ1) is 7.43. The highest BCUT2D eigenvalue weighted by atomic mass is 32.2.